The number of aliphatic hydroxyl groups excluding tert-OH is 1. The third-order valence-electron chi connectivity index (χ3n) is 5.93. The molecule has 0 fully saturated rings. The number of aliphatic hydroxyl groups is 1. The third kappa shape index (κ3) is 4.74. The lowest BCUT2D eigenvalue weighted by molar-refractivity contribution is -0.129. The maximum atomic E-state index is 13.7. The number of hydrogen-bond acceptors (Lipinski definition) is 7. The molecule has 2 heterocycles. The maximum absolute atomic E-state index is 13.7. The van der Waals surface area contributed by atoms with E-state index in [2.05, 4.69) is 0 Å². The maximum Gasteiger partial charge on any atom is 0.290 e. The van der Waals surface area contributed by atoms with Gasteiger partial charge in [0.15, 0.2) is 22.9 Å². The lowest BCUT2D eigenvalue weighted by atomic mass is 9.95. The molecule has 1 unspecified atom stereocenters. The number of ketones is 1. The van der Waals surface area contributed by atoms with Crippen molar-refractivity contribution in [3.05, 3.63) is 71.2 Å². The smallest absolute Gasteiger partial charge is 0.290 e. The summed E-state index contributed by atoms with van der Waals surface area (Å²) in [5.41, 5.74) is 1.09. The number of benzene rings is 2. The van der Waals surface area contributed by atoms with E-state index >= 15 is 0 Å². The molecule has 3 aromatic rings. The van der Waals surface area contributed by atoms with Gasteiger partial charge in [0, 0.05) is 18.5 Å². The van der Waals surface area contributed by atoms with E-state index in [0.29, 0.717) is 47.7 Å². The van der Waals surface area contributed by atoms with Gasteiger partial charge in [-0.05, 0) is 50.3 Å². The van der Waals surface area contributed by atoms with E-state index in [4.69, 9.17) is 13.9 Å². The first-order chi connectivity index (χ1) is 16.8. The molecular weight excluding hydrogens is 448 g/mol. The normalized spacial score (nSPS) is 16.0. The largest absolute Gasteiger partial charge is 0.503 e. The molecule has 1 atom stereocenters. The molecule has 0 saturated heterocycles. The minimum Gasteiger partial charge on any atom is -0.503 e. The van der Waals surface area contributed by atoms with Gasteiger partial charge in [0.25, 0.3) is 5.91 Å². The number of methoxy groups -OCH3 is 1. The number of carbonyl (C=O) groups is 2. The fourth-order valence-corrected chi connectivity index (χ4v) is 4.21. The molecule has 0 bridgehead atoms. The highest BCUT2D eigenvalue weighted by Gasteiger charge is 2.44. The summed E-state index contributed by atoms with van der Waals surface area (Å²) in [6.07, 6.45) is 0.848. The molecule has 1 aliphatic heterocycles. The van der Waals surface area contributed by atoms with Crippen LogP contribution in [0.25, 0.3) is 11.0 Å². The van der Waals surface area contributed by atoms with Crippen LogP contribution in [0.1, 0.15) is 35.5 Å². The van der Waals surface area contributed by atoms with Crippen LogP contribution in [-0.4, -0.2) is 67.5 Å². The van der Waals surface area contributed by atoms with Crippen LogP contribution in [0.3, 0.4) is 0 Å². The van der Waals surface area contributed by atoms with Gasteiger partial charge in [-0.15, -0.1) is 0 Å². The van der Waals surface area contributed by atoms with E-state index in [1.807, 2.05) is 56.3 Å². The number of nitrogens with zero attached hydrogens (tertiary/aromatic N) is 2. The molecule has 1 N–H and O–H groups in total. The summed E-state index contributed by atoms with van der Waals surface area (Å²) in [4.78, 5) is 30.3. The lowest BCUT2D eigenvalue weighted by Crippen LogP contribution is -2.36. The van der Waals surface area contributed by atoms with Crippen molar-refractivity contribution in [3.8, 4) is 11.5 Å². The summed E-state index contributed by atoms with van der Waals surface area (Å²) in [6.45, 7) is 3.45. The second-order valence-electron chi connectivity index (χ2n) is 8.71. The van der Waals surface area contributed by atoms with E-state index in [1.54, 1.807) is 18.2 Å². The Morgan fingerprint density at radius 2 is 1.94 bits per heavy atom. The van der Waals surface area contributed by atoms with Crippen molar-refractivity contribution in [2.75, 3.05) is 40.9 Å². The SMILES string of the molecule is CCCOc1cccc(C2C(C(=O)c3cc4cccc(OC)c4o3)=C(O)C(=O)N2CCN(C)C)c1. The molecule has 35 heavy (non-hydrogen) atoms. The summed E-state index contributed by atoms with van der Waals surface area (Å²) in [5.74, 6) is -0.550. The van der Waals surface area contributed by atoms with Crippen LogP contribution < -0.4 is 9.47 Å². The molecule has 184 valence electrons. The van der Waals surface area contributed by atoms with Gasteiger partial charge in [-0.25, -0.2) is 0 Å². The van der Waals surface area contributed by atoms with Gasteiger partial charge in [0.1, 0.15) is 5.75 Å². The van der Waals surface area contributed by atoms with Crippen molar-refractivity contribution in [2.45, 2.75) is 19.4 Å². The standard InChI is InChI=1S/C27H30N2O6/c1-5-14-34-19-10-6-8-17(15-19)23-22(25(31)27(32)29(23)13-12-28(2)3)24(30)21-16-18-9-7-11-20(33-4)26(18)35-21/h6-11,15-16,23,31H,5,12-14H2,1-4H3. The van der Waals surface area contributed by atoms with Crippen molar-refractivity contribution < 1.29 is 28.6 Å². The number of ether oxygens (including phenoxy) is 2. The Hall–Kier alpha value is -3.78. The van der Waals surface area contributed by atoms with E-state index in [1.165, 1.54) is 12.0 Å². The van der Waals surface area contributed by atoms with Crippen molar-refractivity contribution in [2.24, 2.45) is 0 Å². The highest BCUT2D eigenvalue weighted by Crippen LogP contribution is 2.41. The fraction of sp³-hybridized carbons (Fsp3) is 0.333. The van der Waals surface area contributed by atoms with E-state index in [-0.39, 0.29) is 11.3 Å². The van der Waals surface area contributed by atoms with Crippen LogP contribution in [0.4, 0.5) is 0 Å². The van der Waals surface area contributed by atoms with E-state index < -0.39 is 23.5 Å². The number of carbonyl (C=O) groups excluding carboxylic acids is 2. The predicted molar refractivity (Wildman–Crippen MR) is 132 cm³/mol. The number of likely N-dealkylation sites (N-methyl/N-ethyl adjacent to an activating group) is 1. The number of amides is 1. The Bertz CT molecular complexity index is 1280. The number of para-hydroxylation sites is 1. The van der Waals surface area contributed by atoms with E-state index in [9.17, 15) is 14.7 Å². The second kappa shape index (κ2) is 10.2. The Labute approximate surface area is 204 Å². The quantitative estimate of drug-likeness (QED) is 0.433. The Kier molecular flexibility index (Phi) is 7.12. The molecule has 0 saturated carbocycles. The zero-order valence-electron chi connectivity index (χ0n) is 20.4. The molecule has 8 nitrogen and oxygen atoms in total. The zero-order valence-corrected chi connectivity index (χ0v) is 20.4. The van der Waals surface area contributed by atoms with E-state index in [0.717, 1.165) is 6.42 Å². The molecular formula is C27H30N2O6. The number of furan rings is 1. The summed E-state index contributed by atoms with van der Waals surface area (Å²) in [7, 11) is 5.32. The number of Topliss-reactive ketones (excluding diaryl/α,β-unsaturated/α-hetero) is 1. The van der Waals surface area contributed by atoms with Crippen LogP contribution >= 0.6 is 0 Å². The first kappa shape index (κ1) is 24.3. The highest BCUT2D eigenvalue weighted by molar-refractivity contribution is 6.16. The fourth-order valence-electron chi connectivity index (χ4n) is 4.21. The van der Waals surface area contributed by atoms with Crippen LogP contribution in [0.5, 0.6) is 11.5 Å². The zero-order chi connectivity index (χ0) is 25.1. The molecule has 2 aromatic carbocycles. The number of fused-ring (bicyclic) bond motifs is 1. The van der Waals surface area contributed by atoms with Crippen molar-refractivity contribution in [3.63, 3.8) is 0 Å². The monoisotopic (exact) mass is 478 g/mol. The summed E-state index contributed by atoms with van der Waals surface area (Å²) in [5, 5.41) is 11.6. The average molecular weight is 479 g/mol. The molecule has 0 radical (unpaired) electrons. The van der Waals surface area contributed by atoms with Crippen molar-refractivity contribution in [1.29, 1.82) is 0 Å². The van der Waals surface area contributed by atoms with Crippen LogP contribution in [-0.2, 0) is 4.79 Å². The highest BCUT2D eigenvalue weighted by atomic mass is 16.5. The first-order valence-electron chi connectivity index (χ1n) is 11.6. The molecule has 1 amide bonds. The Morgan fingerprint density at radius 1 is 1.17 bits per heavy atom. The Morgan fingerprint density at radius 3 is 2.66 bits per heavy atom. The molecule has 0 aliphatic carbocycles. The molecule has 1 aliphatic rings. The van der Waals surface area contributed by atoms with Crippen molar-refractivity contribution >= 4 is 22.7 Å². The molecule has 1 aromatic heterocycles. The summed E-state index contributed by atoms with van der Waals surface area (Å²) >= 11 is 0. The first-order valence-corrected chi connectivity index (χ1v) is 11.6. The number of rotatable bonds is 10. The van der Waals surface area contributed by atoms with Gasteiger partial charge >= 0.3 is 0 Å². The molecule has 8 heteroatoms. The molecule has 4 rings (SSSR count). The second-order valence-corrected chi connectivity index (χ2v) is 8.71. The topological polar surface area (TPSA) is 92.4 Å². The minimum atomic E-state index is -0.782. The van der Waals surface area contributed by atoms with Gasteiger partial charge in [-0.3, -0.25) is 9.59 Å². The van der Waals surface area contributed by atoms with Gasteiger partial charge in [0.05, 0.1) is 25.3 Å². The summed E-state index contributed by atoms with van der Waals surface area (Å²) < 4.78 is 17.0. The van der Waals surface area contributed by atoms with Crippen LogP contribution in [0.2, 0.25) is 0 Å². The minimum absolute atomic E-state index is 0.0144. The van der Waals surface area contributed by atoms with Crippen molar-refractivity contribution in [1.82, 2.24) is 9.80 Å². The van der Waals surface area contributed by atoms with Crippen LogP contribution in [0.15, 0.2) is 64.3 Å². The van der Waals surface area contributed by atoms with Gasteiger partial charge in [-0.2, -0.15) is 0 Å². The van der Waals surface area contributed by atoms with Gasteiger partial charge < -0.3 is 28.8 Å². The third-order valence-corrected chi connectivity index (χ3v) is 5.93. The van der Waals surface area contributed by atoms with Gasteiger partial charge in [-0.1, -0.05) is 31.2 Å². The Balaban J connectivity index is 1.78. The summed E-state index contributed by atoms with van der Waals surface area (Å²) in [6, 6.07) is 13.5. The molecule has 0 spiro atoms. The predicted octanol–water partition coefficient (Wildman–Crippen LogP) is 4.37. The number of hydrogen-bond donors (Lipinski definition) is 1. The van der Waals surface area contributed by atoms with Crippen LogP contribution in [0, 0.1) is 0 Å². The average Bonchev–Trinajstić information content (AvgIpc) is 3.40. The lowest BCUT2D eigenvalue weighted by Gasteiger charge is -2.28. The van der Waals surface area contributed by atoms with Gasteiger partial charge in [0.2, 0.25) is 5.78 Å².